The fourth-order valence-corrected chi connectivity index (χ4v) is 5.02. The van der Waals surface area contributed by atoms with Gasteiger partial charge in [0.2, 0.25) is 0 Å². The number of hydrogen-bond acceptors (Lipinski definition) is 8. The Morgan fingerprint density at radius 2 is 2.19 bits per heavy atom. The van der Waals surface area contributed by atoms with Gasteiger partial charge in [-0.25, -0.2) is 14.6 Å². The van der Waals surface area contributed by atoms with Gasteiger partial charge < -0.3 is 9.99 Å². The Balaban J connectivity index is 1.76. The molecule has 0 aliphatic rings. The molecule has 0 fully saturated rings. The number of halogens is 3. The summed E-state index contributed by atoms with van der Waals surface area (Å²) < 4.78 is 42.8. The van der Waals surface area contributed by atoms with Gasteiger partial charge in [0, 0.05) is 25.9 Å². The number of hydrogen-bond donors (Lipinski definition) is 1. The van der Waals surface area contributed by atoms with Gasteiger partial charge in [0.1, 0.15) is 15.4 Å². The van der Waals surface area contributed by atoms with Crippen LogP contribution in [0.15, 0.2) is 34.3 Å². The number of hydrazone groups is 1. The largest absolute Gasteiger partial charge is 0.427 e. The number of rotatable bonds is 6. The summed E-state index contributed by atoms with van der Waals surface area (Å²) in [6, 6.07) is 0. The van der Waals surface area contributed by atoms with E-state index in [0.717, 1.165) is 25.6 Å². The summed E-state index contributed by atoms with van der Waals surface area (Å²) in [4.78, 5) is 20.6. The monoisotopic (exact) mass is 467 g/mol. The van der Waals surface area contributed by atoms with Gasteiger partial charge in [-0.3, -0.25) is 4.79 Å². The van der Waals surface area contributed by atoms with E-state index in [-0.39, 0.29) is 12.2 Å². The first-order valence-electron chi connectivity index (χ1n) is 8.93. The van der Waals surface area contributed by atoms with E-state index in [9.17, 15) is 18.0 Å². The fraction of sp³-hybridized carbons (Fsp3) is 0.278. The van der Waals surface area contributed by atoms with Gasteiger partial charge >= 0.3 is 6.18 Å². The Morgan fingerprint density at radius 3 is 2.87 bits per heavy atom. The van der Waals surface area contributed by atoms with Gasteiger partial charge in [-0.05, 0) is 6.08 Å². The zero-order valence-electron chi connectivity index (χ0n) is 16.4. The van der Waals surface area contributed by atoms with Crippen LogP contribution < -0.4 is 11.0 Å². The Hall–Kier alpha value is -3.06. The van der Waals surface area contributed by atoms with Crippen molar-refractivity contribution in [1.29, 1.82) is 0 Å². The molecule has 0 aromatic carbocycles. The van der Waals surface area contributed by atoms with E-state index in [1.54, 1.807) is 24.7 Å². The second kappa shape index (κ2) is 7.89. The molecule has 0 bridgehead atoms. The molecule has 0 atom stereocenters. The zero-order valence-corrected chi connectivity index (χ0v) is 18.0. The van der Waals surface area contributed by atoms with Crippen molar-refractivity contribution in [1.82, 2.24) is 29.7 Å². The molecule has 4 rings (SSSR count). The highest BCUT2D eigenvalue weighted by Gasteiger charge is 2.36. The molecule has 1 N–H and O–H groups in total. The van der Waals surface area contributed by atoms with E-state index in [2.05, 4.69) is 32.2 Å². The summed E-state index contributed by atoms with van der Waals surface area (Å²) in [5.41, 5.74) is 4.73. The smallest absolute Gasteiger partial charge is 0.323 e. The first-order valence-corrected chi connectivity index (χ1v) is 10.6. The second-order valence-electron chi connectivity index (χ2n) is 6.52. The molecule has 0 spiro atoms. The summed E-state index contributed by atoms with van der Waals surface area (Å²) in [6.07, 6.45) is -0.940. The Bertz CT molecular complexity index is 1380. The SMILES string of the molecule is C=C/C(Cc1nc2c(s1)c1cnn(Cc3ncsc3C(F)(F)F)c(=O)c1n2C)=N\NC. The van der Waals surface area contributed by atoms with Crippen LogP contribution >= 0.6 is 22.7 Å². The molecule has 0 amide bonds. The van der Waals surface area contributed by atoms with E-state index >= 15 is 0 Å². The molecule has 4 aromatic rings. The number of nitrogens with zero attached hydrogens (tertiary/aromatic N) is 6. The van der Waals surface area contributed by atoms with Crippen LogP contribution in [0.3, 0.4) is 0 Å². The predicted molar refractivity (Wildman–Crippen MR) is 115 cm³/mol. The van der Waals surface area contributed by atoms with E-state index < -0.39 is 16.6 Å². The van der Waals surface area contributed by atoms with Gasteiger partial charge in [0.05, 0.1) is 34.4 Å². The minimum Gasteiger partial charge on any atom is -0.323 e. The van der Waals surface area contributed by atoms with Crippen LogP contribution in [0.5, 0.6) is 0 Å². The van der Waals surface area contributed by atoms with Crippen molar-refractivity contribution in [3.05, 3.63) is 50.3 Å². The summed E-state index contributed by atoms with van der Waals surface area (Å²) >= 11 is 1.90. The average molecular weight is 468 g/mol. The molecule has 0 unspecified atom stereocenters. The fourth-order valence-electron chi connectivity index (χ4n) is 3.23. The lowest BCUT2D eigenvalue weighted by Crippen LogP contribution is -2.25. The van der Waals surface area contributed by atoms with E-state index in [0.29, 0.717) is 34.3 Å². The Kier molecular flexibility index (Phi) is 5.39. The van der Waals surface area contributed by atoms with E-state index in [1.165, 1.54) is 17.5 Å². The minimum absolute atomic E-state index is 0.233. The lowest BCUT2D eigenvalue weighted by molar-refractivity contribution is -0.135. The lowest BCUT2D eigenvalue weighted by Gasteiger charge is -2.08. The maximum absolute atomic E-state index is 13.1. The number of fused-ring (bicyclic) bond motifs is 3. The van der Waals surface area contributed by atoms with Crippen LogP contribution in [0.25, 0.3) is 21.3 Å². The maximum Gasteiger partial charge on any atom is 0.427 e. The predicted octanol–water partition coefficient (Wildman–Crippen LogP) is 3.17. The first-order chi connectivity index (χ1) is 14.7. The highest BCUT2D eigenvalue weighted by Crippen LogP contribution is 2.35. The summed E-state index contributed by atoms with van der Waals surface area (Å²) in [5, 5.41) is 9.61. The molecule has 4 aromatic heterocycles. The van der Waals surface area contributed by atoms with Crippen molar-refractivity contribution >= 4 is 49.6 Å². The zero-order chi connectivity index (χ0) is 22.3. The van der Waals surface area contributed by atoms with Gasteiger partial charge in [-0.1, -0.05) is 6.58 Å². The van der Waals surface area contributed by atoms with Crippen LogP contribution in [-0.4, -0.2) is 37.1 Å². The molecule has 13 heteroatoms. The molecule has 0 aliphatic heterocycles. The van der Waals surface area contributed by atoms with Crippen molar-refractivity contribution in [2.24, 2.45) is 12.1 Å². The number of aryl methyl sites for hydroxylation is 1. The topological polar surface area (TPSA) is 90.0 Å². The number of allylic oxidation sites excluding steroid dienone is 1. The second-order valence-corrected chi connectivity index (χ2v) is 8.46. The van der Waals surface area contributed by atoms with Crippen molar-refractivity contribution < 1.29 is 13.2 Å². The standard InChI is InChI=1S/C18H16F3N7OS2/c1-4-9(26-22-2)5-12-25-16-14(31-12)10-6-24-28(17(29)13(10)27(16)3)7-11-15(18(19,20)21)30-8-23-11/h4,6,8,22H,1,5,7H2,2-3H3/b26-9+. The molecular formula is C18H16F3N7OS2. The highest BCUT2D eigenvalue weighted by atomic mass is 32.1. The molecule has 0 radical (unpaired) electrons. The molecule has 0 aliphatic carbocycles. The average Bonchev–Trinajstić information content (AvgIpc) is 3.40. The van der Waals surface area contributed by atoms with Crippen molar-refractivity contribution in [3.8, 4) is 0 Å². The normalized spacial score (nSPS) is 12.7. The maximum atomic E-state index is 13.1. The highest BCUT2D eigenvalue weighted by molar-refractivity contribution is 7.19. The molecule has 0 saturated heterocycles. The molecular weight excluding hydrogens is 451 g/mol. The van der Waals surface area contributed by atoms with Gasteiger partial charge in [-0.15, -0.1) is 22.7 Å². The minimum atomic E-state index is -4.53. The number of aromatic nitrogens is 5. The van der Waals surface area contributed by atoms with Crippen LogP contribution in [-0.2, 0) is 26.2 Å². The van der Waals surface area contributed by atoms with Crippen LogP contribution in [0.1, 0.15) is 15.6 Å². The number of alkyl halides is 3. The van der Waals surface area contributed by atoms with Crippen molar-refractivity contribution in [2.75, 3.05) is 7.05 Å². The number of thiazole rings is 2. The van der Waals surface area contributed by atoms with E-state index in [1.807, 2.05) is 0 Å². The van der Waals surface area contributed by atoms with Crippen LogP contribution in [0.2, 0.25) is 0 Å². The van der Waals surface area contributed by atoms with Crippen molar-refractivity contribution in [2.45, 2.75) is 19.1 Å². The van der Waals surface area contributed by atoms with Gasteiger partial charge in [0.15, 0.2) is 5.65 Å². The third kappa shape index (κ3) is 3.74. The van der Waals surface area contributed by atoms with Gasteiger partial charge in [-0.2, -0.15) is 23.4 Å². The molecule has 162 valence electrons. The molecule has 8 nitrogen and oxygen atoms in total. The Labute approximate surface area is 181 Å². The van der Waals surface area contributed by atoms with Gasteiger partial charge in [0.25, 0.3) is 5.56 Å². The molecule has 4 heterocycles. The summed E-state index contributed by atoms with van der Waals surface area (Å²) in [5.74, 6) is 0. The number of nitrogens with one attached hydrogen (secondary N) is 1. The third-order valence-corrected chi connectivity index (χ3v) is 6.58. The van der Waals surface area contributed by atoms with E-state index in [4.69, 9.17) is 0 Å². The third-order valence-electron chi connectivity index (χ3n) is 4.59. The quantitative estimate of drug-likeness (QED) is 0.348. The van der Waals surface area contributed by atoms with Crippen LogP contribution in [0, 0.1) is 0 Å². The lowest BCUT2D eigenvalue weighted by atomic mass is 10.3. The summed E-state index contributed by atoms with van der Waals surface area (Å²) in [6.45, 7) is 3.36. The molecule has 0 saturated carbocycles. The first kappa shape index (κ1) is 21.2. The van der Waals surface area contributed by atoms with Crippen LogP contribution in [0.4, 0.5) is 13.2 Å². The Morgan fingerprint density at radius 1 is 1.42 bits per heavy atom. The summed E-state index contributed by atoms with van der Waals surface area (Å²) in [7, 11) is 3.38. The van der Waals surface area contributed by atoms with Crippen molar-refractivity contribution in [3.63, 3.8) is 0 Å². The molecule has 31 heavy (non-hydrogen) atoms.